The number of anilines is 1. The van der Waals surface area contributed by atoms with Gasteiger partial charge in [0.15, 0.2) is 21.6 Å². The molecule has 0 aliphatic heterocycles. The lowest BCUT2D eigenvalue weighted by Crippen LogP contribution is -2.14. The van der Waals surface area contributed by atoms with Crippen LogP contribution in [-0.2, 0) is 0 Å². The van der Waals surface area contributed by atoms with E-state index < -0.39 is 5.91 Å². The van der Waals surface area contributed by atoms with Gasteiger partial charge in [-0.05, 0) is 55.0 Å². The molecule has 0 aliphatic rings. The third kappa shape index (κ3) is 6.26. The molecule has 0 saturated heterocycles. The van der Waals surface area contributed by atoms with Gasteiger partial charge in [0, 0.05) is 5.56 Å². The standard InChI is InChI=1S/C24H22FN5O4S2/c1-3-12-34-20-13-30(17-8-6-16(25)7-9-17)29-21(20)22(32)26-23-27-28-24(36-23)35-14-19(31)15-4-10-18(33-2)11-5-15/h4-11,13H,3,12,14H2,1-2H3,(H,26,27,32). The summed E-state index contributed by atoms with van der Waals surface area (Å²) in [4.78, 5) is 25.4. The Balaban J connectivity index is 1.41. The molecule has 0 atom stereocenters. The summed E-state index contributed by atoms with van der Waals surface area (Å²) < 4.78 is 26.1. The van der Waals surface area contributed by atoms with Gasteiger partial charge in [0.1, 0.15) is 11.6 Å². The van der Waals surface area contributed by atoms with Crippen LogP contribution in [0.3, 0.4) is 0 Å². The first-order chi connectivity index (χ1) is 17.5. The number of carbonyl (C=O) groups excluding carboxylic acids is 2. The molecular weight excluding hydrogens is 505 g/mol. The van der Waals surface area contributed by atoms with Crippen LogP contribution in [0, 0.1) is 5.82 Å². The molecule has 1 N–H and O–H groups in total. The Kier molecular flexibility index (Phi) is 8.28. The number of nitrogens with one attached hydrogen (secondary N) is 1. The summed E-state index contributed by atoms with van der Waals surface area (Å²) in [6.07, 6.45) is 2.32. The number of hydrogen-bond acceptors (Lipinski definition) is 9. The summed E-state index contributed by atoms with van der Waals surface area (Å²) in [5.74, 6) is 0.183. The molecule has 9 nitrogen and oxygen atoms in total. The molecule has 12 heteroatoms. The average molecular weight is 528 g/mol. The maximum absolute atomic E-state index is 13.3. The lowest BCUT2D eigenvalue weighted by atomic mass is 10.1. The summed E-state index contributed by atoms with van der Waals surface area (Å²) >= 11 is 2.38. The number of carbonyl (C=O) groups is 2. The third-order valence-electron chi connectivity index (χ3n) is 4.81. The largest absolute Gasteiger partial charge is 0.497 e. The minimum absolute atomic E-state index is 0.0619. The lowest BCUT2D eigenvalue weighted by molar-refractivity contribution is 0.101. The van der Waals surface area contributed by atoms with Crippen molar-refractivity contribution >= 4 is 39.9 Å². The van der Waals surface area contributed by atoms with Crippen molar-refractivity contribution in [3.63, 3.8) is 0 Å². The van der Waals surface area contributed by atoms with Crippen LogP contribution in [-0.4, -0.2) is 51.1 Å². The smallest absolute Gasteiger partial charge is 0.281 e. The number of hydrogen-bond donors (Lipinski definition) is 1. The van der Waals surface area contributed by atoms with E-state index in [1.165, 1.54) is 28.6 Å². The minimum Gasteiger partial charge on any atom is -0.497 e. The molecule has 36 heavy (non-hydrogen) atoms. The van der Waals surface area contributed by atoms with Gasteiger partial charge in [-0.25, -0.2) is 9.07 Å². The predicted molar refractivity (Wildman–Crippen MR) is 135 cm³/mol. The van der Waals surface area contributed by atoms with Gasteiger partial charge in [0.25, 0.3) is 5.91 Å². The molecule has 2 aromatic heterocycles. The first-order valence-electron chi connectivity index (χ1n) is 10.9. The first-order valence-corrected chi connectivity index (χ1v) is 12.7. The van der Waals surface area contributed by atoms with Crippen molar-refractivity contribution in [2.24, 2.45) is 0 Å². The molecule has 0 unspecified atom stereocenters. The van der Waals surface area contributed by atoms with Crippen molar-refractivity contribution < 1.29 is 23.5 Å². The normalized spacial score (nSPS) is 10.8. The Hall–Kier alpha value is -3.77. The molecule has 0 bridgehead atoms. The maximum Gasteiger partial charge on any atom is 0.281 e. The van der Waals surface area contributed by atoms with Crippen LogP contribution in [0.5, 0.6) is 11.5 Å². The topological polar surface area (TPSA) is 108 Å². The fourth-order valence-corrected chi connectivity index (χ4v) is 4.66. The Bertz CT molecular complexity index is 1340. The Morgan fingerprint density at radius 3 is 2.56 bits per heavy atom. The number of nitrogens with zero attached hydrogens (tertiary/aromatic N) is 4. The minimum atomic E-state index is -0.524. The van der Waals surface area contributed by atoms with Crippen molar-refractivity contribution in [2.75, 3.05) is 24.8 Å². The van der Waals surface area contributed by atoms with Gasteiger partial charge in [0.05, 0.1) is 31.4 Å². The zero-order valence-corrected chi connectivity index (χ0v) is 21.1. The van der Waals surface area contributed by atoms with Crippen molar-refractivity contribution in [1.82, 2.24) is 20.0 Å². The lowest BCUT2D eigenvalue weighted by Gasteiger charge is -2.03. The van der Waals surface area contributed by atoms with Crippen molar-refractivity contribution in [3.8, 4) is 17.2 Å². The van der Waals surface area contributed by atoms with Crippen LogP contribution in [0.1, 0.15) is 34.2 Å². The van der Waals surface area contributed by atoms with Crippen molar-refractivity contribution in [3.05, 3.63) is 71.8 Å². The molecule has 4 rings (SSSR count). The molecule has 0 radical (unpaired) electrons. The fourth-order valence-electron chi connectivity index (χ4n) is 3.02. The number of halogens is 1. The molecular formula is C24H22FN5O4S2. The van der Waals surface area contributed by atoms with Crippen molar-refractivity contribution in [1.29, 1.82) is 0 Å². The number of benzene rings is 2. The van der Waals surface area contributed by atoms with E-state index in [1.807, 2.05) is 6.92 Å². The first kappa shape index (κ1) is 25.3. The molecule has 2 aromatic carbocycles. The third-order valence-corrected chi connectivity index (χ3v) is 6.79. The SMILES string of the molecule is CCCOc1cn(-c2ccc(F)cc2)nc1C(=O)Nc1nnc(SCC(=O)c2ccc(OC)cc2)s1. The predicted octanol–water partition coefficient (Wildman–Crippen LogP) is 4.89. The van der Waals surface area contributed by atoms with E-state index in [2.05, 4.69) is 20.6 Å². The van der Waals surface area contributed by atoms with Gasteiger partial charge < -0.3 is 9.47 Å². The summed E-state index contributed by atoms with van der Waals surface area (Å²) in [7, 11) is 1.56. The summed E-state index contributed by atoms with van der Waals surface area (Å²) in [5.41, 5.74) is 1.21. The van der Waals surface area contributed by atoms with E-state index in [-0.39, 0.29) is 28.2 Å². The average Bonchev–Trinajstić information content (AvgIpc) is 3.53. The number of methoxy groups -OCH3 is 1. The second kappa shape index (κ2) is 11.8. The molecule has 0 spiro atoms. The van der Waals surface area contributed by atoms with E-state index in [9.17, 15) is 14.0 Å². The summed E-state index contributed by atoms with van der Waals surface area (Å²) in [6, 6.07) is 12.6. The van der Waals surface area contributed by atoms with Crippen LogP contribution in [0.4, 0.5) is 9.52 Å². The second-order valence-corrected chi connectivity index (χ2v) is 9.58. The molecule has 1 amide bonds. The van der Waals surface area contributed by atoms with Crippen LogP contribution < -0.4 is 14.8 Å². The highest BCUT2D eigenvalue weighted by molar-refractivity contribution is 8.01. The second-order valence-electron chi connectivity index (χ2n) is 7.38. The quantitative estimate of drug-likeness (QED) is 0.167. The molecule has 186 valence electrons. The van der Waals surface area contributed by atoms with E-state index in [1.54, 1.807) is 49.7 Å². The maximum atomic E-state index is 13.3. The Morgan fingerprint density at radius 2 is 1.86 bits per heavy atom. The van der Waals surface area contributed by atoms with Gasteiger partial charge in [-0.3, -0.25) is 14.9 Å². The van der Waals surface area contributed by atoms with Crippen LogP contribution in [0.25, 0.3) is 5.69 Å². The molecule has 0 fully saturated rings. The highest BCUT2D eigenvalue weighted by atomic mass is 32.2. The highest BCUT2D eigenvalue weighted by Gasteiger charge is 2.21. The molecule has 0 saturated carbocycles. The van der Waals surface area contributed by atoms with E-state index in [4.69, 9.17) is 9.47 Å². The van der Waals surface area contributed by atoms with Gasteiger partial charge in [0.2, 0.25) is 5.13 Å². The summed E-state index contributed by atoms with van der Waals surface area (Å²) in [6.45, 7) is 2.35. The number of ether oxygens (including phenoxy) is 2. The molecule has 2 heterocycles. The number of amides is 1. The van der Waals surface area contributed by atoms with E-state index >= 15 is 0 Å². The van der Waals surface area contributed by atoms with Gasteiger partial charge >= 0.3 is 0 Å². The molecule has 0 aliphatic carbocycles. The van der Waals surface area contributed by atoms with E-state index in [0.717, 1.165) is 17.8 Å². The Labute approximate surface area is 214 Å². The number of aromatic nitrogens is 4. The summed E-state index contributed by atoms with van der Waals surface area (Å²) in [5, 5.41) is 15.3. The number of thioether (sulfide) groups is 1. The number of rotatable bonds is 11. The van der Waals surface area contributed by atoms with Gasteiger partial charge in [-0.2, -0.15) is 5.10 Å². The fraction of sp³-hybridized carbons (Fsp3) is 0.208. The number of ketones is 1. The zero-order valence-electron chi connectivity index (χ0n) is 19.4. The van der Waals surface area contributed by atoms with Crippen LogP contribution in [0.15, 0.2) is 59.1 Å². The zero-order chi connectivity index (χ0) is 25.5. The molecule has 4 aromatic rings. The highest BCUT2D eigenvalue weighted by Crippen LogP contribution is 2.28. The van der Waals surface area contributed by atoms with Crippen LogP contribution >= 0.6 is 23.1 Å². The van der Waals surface area contributed by atoms with Crippen LogP contribution in [0.2, 0.25) is 0 Å². The number of Topliss-reactive ketones (excluding diaryl/α,β-unsaturated/α-hetero) is 1. The van der Waals surface area contributed by atoms with Gasteiger partial charge in [-0.15, -0.1) is 10.2 Å². The monoisotopic (exact) mass is 527 g/mol. The Morgan fingerprint density at radius 1 is 1.11 bits per heavy atom. The van der Waals surface area contributed by atoms with E-state index in [0.29, 0.717) is 33.7 Å². The van der Waals surface area contributed by atoms with Gasteiger partial charge in [-0.1, -0.05) is 30.0 Å². The van der Waals surface area contributed by atoms with Crippen molar-refractivity contribution in [2.45, 2.75) is 17.7 Å².